The van der Waals surface area contributed by atoms with Gasteiger partial charge in [-0.25, -0.2) is 17.7 Å². The third-order valence-electron chi connectivity index (χ3n) is 3.08. The molecular formula is C14H21F2NO2S. The van der Waals surface area contributed by atoms with Crippen LogP contribution in [0.5, 0.6) is 0 Å². The van der Waals surface area contributed by atoms with Crippen molar-refractivity contribution in [1.29, 1.82) is 0 Å². The molecule has 0 amide bonds. The first-order valence-electron chi connectivity index (χ1n) is 6.32. The highest BCUT2D eigenvalue weighted by atomic mass is 32.2. The summed E-state index contributed by atoms with van der Waals surface area (Å²) in [6, 6.07) is 5.69. The third-order valence-corrected chi connectivity index (χ3v) is 4.80. The van der Waals surface area contributed by atoms with E-state index in [-0.39, 0.29) is 5.56 Å². The van der Waals surface area contributed by atoms with Gasteiger partial charge in [-0.15, -0.1) is 0 Å². The number of nitrogens with one attached hydrogen (secondary N) is 1. The molecule has 3 unspecified atom stereocenters. The van der Waals surface area contributed by atoms with E-state index in [0.717, 1.165) is 0 Å². The molecule has 2 N–H and O–H groups in total. The average Bonchev–Trinajstić information content (AvgIpc) is 2.36. The molecule has 0 radical (unpaired) electrons. The fraction of sp³-hybridized carbons (Fsp3) is 0.571. The predicted molar refractivity (Wildman–Crippen MR) is 76.8 cm³/mol. The smallest absolute Gasteiger partial charge is 0.146 e. The zero-order chi connectivity index (χ0) is 15.6. The molecule has 0 heterocycles. The molecule has 3 nitrogen and oxygen atoms in total. The second-order valence-electron chi connectivity index (χ2n) is 5.82. The molecule has 3 atom stereocenters. The first kappa shape index (κ1) is 17.2. The first-order chi connectivity index (χ1) is 9.13. The number of rotatable bonds is 5. The largest absolute Gasteiger partial charge is 0.393 e. The summed E-state index contributed by atoms with van der Waals surface area (Å²) in [5.41, 5.74) is -1.53. The van der Waals surface area contributed by atoms with Crippen LogP contribution in [-0.2, 0) is 16.5 Å². The minimum atomic E-state index is -1.79. The van der Waals surface area contributed by atoms with Crippen LogP contribution in [0, 0.1) is 5.82 Å². The number of halogens is 2. The van der Waals surface area contributed by atoms with E-state index in [2.05, 4.69) is 4.72 Å². The molecule has 1 aromatic carbocycles. The van der Waals surface area contributed by atoms with Gasteiger partial charge < -0.3 is 5.11 Å². The van der Waals surface area contributed by atoms with Crippen LogP contribution in [0.2, 0.25) is 0 Å². The van der Waals surface area contributed by atoms with Crippen LogP contribution < -0.4 is 4.72 Å². The zero-order valence-corrected chi connectivity index (χ0v) is 12.9. The van der Waals surface area contributed by atoms with Crippen molar-refractivity contribution in [2.45, 2.75) is 44.2 Å². The Bertz CT molecular complexity index is 490. The van der Waals surface area contributed by atoms with E-state index in [0.29, 0.717) is 0 Å². The molecule has 20 heavy (non-hydrogen) atoms. The molecule has 0 saturated carbocycles. The number of aliphatic hydroxyl groups excluding tert-OH is 1. The van der Waals surface area contributed by atoms with Crippen LogP contribution in [0.25, 0.3) is 0 Å². The normalized spacial score (nSPS) is 18.4. The van der Waals surface area contributed by atoms with E-state index in [9.17, 15) is 13.0 Å². The molecule has 6 heteroatoms. The van der Waals surface area contributed by atoms with Crippen molar-refractivity contribution < 1.29 is 18.1 Å². The van der Waals surface area contributed by atoms with Gasteiger partial charge in [0, 0.05) is 5.56 Å². The highest BCUT2D eigenvalue weighted by molar-refractivity contribution is 7.84. The van der Waals surface area contributed by atoms with Gasteiger partial charge in [-0.3, -0.25) is 0 Å². The molecule has 114 valence electrons. The number of alkyl halides is 1. The summed E-state index contributed by atoms with van der Waals surface area (Å²) >= 11 is 0. The molecule has 0 aliphatic rings. The second-order valence-corrected chi connectivity index (χ2v) is 7.78. The van der Waals surface area contributed by atoms with Gasteiger partial charge in [0.15, 0.2) is 0 Å². The van der Waals surface area contributed by atoms with Crippen LogP contribution in [0.15, 0.2) is 24.3 Å². The summed E-state index contributed by atoms with van der Waals surface area (Å²) in [6.45, 7) is 5.79. The Balaban J connectivity index is 3.25. The molecule has 0 spiro atoms. The molecule has 0 aromatic heterocycles. The lowest BCUT2D eigenvalue weighted by Crippen LogP contribution is -2.53. The molecule has 1 aromatic rings. The first-order valence-corrected chi connectivity index (χ1v) is 7.47. The average molecular weight is 305 g/mol. The summed E-state index contributed by atoms with van der Waals surface area (Å²) in [6.07, 6.45) is -1.79. The lowest BCUT2D eigenvalue weighted by molar-refractivity contribution is 0.102. The number of benzene rings is 1. The molecule has 0 aliphatic carbocycles. The van der Waals surface area contributed by atoms with Crippen molar-refractivity contribution in [1.82, 2.24) is 4.72 Å². The van der Waals surface area contributed by atoms with Crippen LogP contribution in [0.3, 0.4) is 0 Å². The van der Waals surface area contributed by atoms with Gasteiger partial charge in [0.25, 0.3) is 0 Å². The maximum absolute atomic E-state index is 14.2. The van der Waals surface area contributed by atoms with E-state index in [1.54, 1.807) is 26.8 Å². The Morgan fingerprint density at radius 3 is 2.30 bits per heavy atom. The van der Waals surface area contributed by atoms with Gasteiger partial charge in [-0.1, -0.05) is 18.2 Å². The molecule has 0 bridgehead atoms. The maximum Gasteiger partial charge on any atom is 0.146 e. The SMILES string of the molecule is CC(NS(=O)C(C)(C)C)(c1ccccc1F)C(F)CO. The van der Waals surface area contributed by atoms with Gasteiger partial charge in [0.05, 0.1) is 27.9 Å². The Morgan fingerprint density at radius 1 is 1.30 bits per heavy atom. The van der Waals surface area contributed by atoms with Crippen molar-refractivity contribution in [3.63, 3.8) is 0 Å². The lowest BCUT2D eigenvalue weighted by Gasteiger charge is -2.35. The topological polar surface area (TPSA) is 49.3 Å². The summed E-state index contributed by atoms with van der Waals surface area (Å²) in [4.78, 5) is 0. The monoisotopic (exact) mass is 305 g/mol. The van der Waals surface area contributed by atoms with Gasteiger partial charge >= 0.3 is 0 Å². The van der Waals surface area contributed by atoms with Crippen LogP contribution >= 0.6 is 0 Å². The highest BCUT2D eigenvalue weighted by Gasteiger charge is 2.41. The van der Waals surface area contributed by atoms with Crippen LogP contribution in [0.4, 0.5) is 8.78 Å². The van der Waals surface area contributed by atoms with Crippen molar-refractivity contribution in [3.05, 3.63) is 35.6 Å². The molecule has 0 aliphatic heterocycles. The number of aliphatic hydroxyl groups is 1. The van der Waals surface area contributed by atoms with Crippen molar-refractivity contribution >= 4 is 11.0 Å². The summed E-state index contributed by atoms with van der Waals surface area (Å²) in [7, 11) is -1.61. The fourth-order valence-electron chi connectivity index (χ4n) is 1.70. The lowest BCUT2D eigenvalue weighted by atomic mass is 9.88. The van der Waals surface area contributed by atoms with Crippen molar-refractivity contribution in [2.75, 3.05) is 6.61 Å². The fourth-order valence-corrected chi connectivity index (χ4v) is 2.63. The maximum atomic E-state index is 14.2. The van der Waals surface area contributed by atoms with E-state index in [1.807, 2.05) is 0 Å². The second kappa shape index (κ2) is 6.28. The van der Waals surface area contributed by atoms with E-state index >= 15 is 0 Å². The van der Waals surface area contributed by atoms with Crippen molar-refractivity contribution in [3.8, 4) is 0 Å². The summed E-state index contributed by atoms with van der Waals surface area (Å²) in [5.74, 6) is -0.607. The van der Waals surface area contributed by atoms with Gasteiger partial charge in [-0.2, -0.15) is 0 Å². The van der Waals surface area contributed by atoms with Crippen molar-refractivity contribution in [2.24, 2.45) is 0 Å². The standard InChI is InChI=1S/C14H21F2NO2S/c1-13(2,3)20(19)17-14(4,12(16)9-18)10-7-5-6-8-11(10)15/h5-8,12,17-18H,9H2,1-4H3. The summed E-state index contributed by atoms with van der Waals surface area (Å²) in [5, 5.41) is 9.10. The van der Waals surface area contributed by atoms with E-state index in [1.165, 1.54) is 25.1 Å². The molecule has 1 rings (SSSR count). The van der Waals surface area contributed by atoms with E-state index < -0.39 is 39.9 Å². The number of hydrogen-bond acceptors (Lipinski definition) is 2. The third kappa shape index (κ3) is 3.62. The summed E-state index contributed by atoms with van der Waals surface area (Å²) < 4.78 is 42.3. The van der Waals surface area contributed by atoms with Crippen LogP contribution in [-0.4, -0.2) is 26.8 Å². The van der Waals surface area contributed by atoms with Gasteiger partial charge in [-0.05, 0) is 33.8 Å². The molecule has 0 fully saturated rings. The Labute approximate surface area is 121 Å². The van der Waals surface area contributed by atoms with Gasteiger partial charge in [0.1, 0.15) is 12.0 Å². The Hall–Kier alpha value is -0.850. The minimum Gasteiger partial charge on any atom is -0.393 e. The highest BCUT2D eigenvalue weighted by Crippen LogP contribution is 2.30. The quantitative estimate of drug-likeness (QED) is 0.878. The van der Waals surface area contributed by atoms with Crippen LogP contribution in [0.1, 0.15) is 33.3 Å². The predicted octanol–water partition coefficient (Wildman–Crippen LogP) is 2.42. The number of hydrogen-bond donors (Lipinski definition) is 2. The van der Waals surface area contributed by atoms with Gasteiger partial charge in [0.2, 0.25) is 0 Å². The van der Waals surface area contributed by atoms with E-state index in [4.69, 9.17) is 5.11 Å². The zero-order valence-electron chi connectivity index (χ0n) is 12.1. The molecule has 0 saturated heterocycles. The Kier molecular flexibility index (Phi) is 5.40. The minimum absolute atomic E-state index is 0.0409. The Morgan fingerprint density at radius 2 is 1.85 bits per heavy atom. The molecular weight excluding hydrogens is 284 g/mol.